The zero-order valence-electron chi connectivity index (χ0n) is 17.1. The summed E-state index contributed by atoms with van der Waals surface area (Å²) in [4.78, 5) is 33.3. The number of aliphatic imine (C=N–C) groups is 2. The Morgan fingerprint density at radius 1 is 0.742 bits per heavy atom. The summed E-state index contributed by atoms with van der Waals surface area (Å²) < 4.78 is 5.70. The van der Waals surface area contributed by atoms with Gasteiger partial charge in [-0.05, 0) is 38.1 Å². The standard InChI is InChI=1S/C22H22N4O3S2/c1-13-3-7-15(8-4-13)23-21-25-19(27)17(30-21)11-29-12-18-20(28)26-22(31-18)24-16-9-5-14(2)6-10-16/h3-10,17-18H,11-12H2,1-2H3,(H,23,25,27)(H,24,26,28). The van der Waals surface area contributed by atoms with Crippen LogP contribution in [0.5, 0.6) is 0 Å². The Bertz CT molecular complexity index is 952. The van der Waals surface area contributed by atoms with Gasteiger partial charge < -0.3 is 15.4 Å². The van der Waals surface area contributed by atoms with Crippen molar-refractivity contribution in [2.75, 3.05) is 13.2 Å². The highest BCUT2D eigenvalue weighted by Gasteiger charge is 2.33. The van der Waals surface area contributed by atoms with Crippen molar-refractivity contribution in [1.82, 2.24) is 10.6 Å². The van der Waals surface area contributed by atoms with E-state index in [0.717, 1.165) is 22.5 Å². The summed E-state index contributed by atoms with van der Waals surface area (Å²) in [5, 5.41) is 5.90. The van der Waals surface area contributed by atoms with Gasteiger partial charge in [-0.1, -0.05) is 58.9 Å². The van der Waals surface area contributed by atoms with Crippen molar-refractivity contribution in [3.63, 3.8) is 0 Å². The lowest BCUT2D eigenvalue weighted by molar-refractivity contribution is -0.120. The van der Waals surface area contributed by atoms with Crippen LogP contribution < -0.4 is 10.6 Å². The molecule has 160 valence electrons. The number of nitrogens with one attached hydrogen (secondary N) is 2. The molecule has 2 N–H and O–H groups in total. The van der Waals surface area contributed by atoms with Gasteiger partial charge in [0.25, 0.3) is 0 Å². The quantitative estimate of drug-likeness (QED) is 0.697. The summed E-state index contributed by atoms with van der Waals surface area (Å²) in [6.07, 6.45) is 0. The molecule has 9 heteroatoms. The van der Waals surface area contributed by atoms with Crippen LogP contribution in [-0.2, 0) is 14.3 Å². The van der Waals surface area contributed by atoms with Crippen molar-refractivity contribution < 1.29 is 14.3 Å². The van der Waals surface area contributed by atoms with Crippen molar-refractivity contribution in [3.05, 3.63) is 59.7 Å². The van der Waals surface area contributed by atoms with Gasteiger partial charge in [0.15, 0.2) is 10.3 Å². The van der Waals surface area contributed by atoms with E-state index in [-0.39, 0.29) is 35.5 Å². The molecule has 2 aliphatic heterocycles. The lowest BCUT2D eigenvalue weighted by Crippen LogP contribution is -2.31. The topological polar surface area (TPSA) is 92.2 Å². The molecule has 2 unspecified atom stereocenters. The predicted molar refractivity (Wildman–Crippen MR) is 126 cm³/mol. The average Bonchev–Trinajstić information content (AvgIpc) is 3.27. The van der Waals surface area contributed by atoms with E-state index in [4.69, 9.17) is 4.74 Å². The van der Waals surface area contributed by atoms with Gasteiger partial charge in [-0.2, -0.15) is 0 Å². The molecule has 2 saturated heterocycles. The number of amidine groups is 2. The molecule has 2 atom stereocenters. The number of hydrogen-bond donors (Lipinski definition) is 2. The van der Waals surface area contributed by atoms with Crippen LogP contribution in [0, 0.1) is 13.8 Å². The van der Waals surface area contributed by atoms with Gasteiger partial charge in [0, 0.05) is 0 Å². The predicted octanol–water partition coefficient (Wildman–Crippen LogP) is 3.46. The number of carbonyl (C=O) groups is 2. The van der Waals surface area contributed by atoms with Crippen molar-refractivity contribution in [2.24, 2.45) is 9.98 Å². The number of aryl methyl sites for hydroxylation is 2. The number of thioether (sulfide) groups is 2. The van der Waals surface area contributed by atoms with Crippen molar-refractivity contribution in [3.8, 4) is 0 Å². The number of ether oxygens (including phenoxy) is 1. The second kappa shape index (κ2) is 9.67. The van der Waals surface area contributed by atoms with E-state index in [1.54, 1.807) is 0 Å². The number of nitrogens with zero attached hydrogens (tertiary/aromatic N) is 2. The summed E-state index contributed by atoms with van der Waals surface area (Å²) in [5.41, 5.74) is 3.88. The largest absolute Gasteiger partial charge is 0.378 e. The fourth-order valence-corrected chi connectivity index (χ4v) is 4.73. The molecule has 7 nitrogen and oxygen atoms in total. The van der Waals surface area contributed by atoms with E-state index >= 15 is 0 Å². The fourth-order valence-electron chi connectivity index (χ4n) is 2.89. The second-order valence-electron chi connectivity index (χ2n) is 7.23. The highest BCUT2D eigenvalue weighted by atomic mass is 32.2. The third-order valence-electron chi connectivity index (χ3n) is 4.62. The Morgan fingerprint density at radius 3 is 1.52 bits per heavy atom. The maximum absolute atomic E-state index is 12.2. The van der Waals surface area contributed by atoms with Gasteiger partial charge >= 0.3 is 0 Å². The molecule has 2 amide bonds. The third-order valence-corrected chi connectivity index (χ3v) is 6.72. The van der Waals surface area contributed by atoms with Crippen LogP contribution in [0.3, 0.4) is 0 Å². The summed E-state index contributed by atoms with van der Waals surface area (Å²) in [7, 11) is 0. The molecule has 0 bridgehead atoms. The number of amides is 2. The van der Waals surface area contributed by atoms with Crippen LogP contribution in [0.1, 0.15) is 11.1 Å². The monoisotopic (exact) mass is 454 g/mol. The van der Waals surface area contributed by atoms with Crippen LogP contribution >= 0.6 is 23.5 Å². The van der Waals surface area contributed by atoms with Crippen LogP contribution in [0.15, 0.2) is 58.5 Å². The molecule has 0 saturated carbocycles. The van der Waals surface area contributed by atoms with E-state index < -0.39 is 0 Å². The number of rotatable bonds is 6. The van der Waals surface area contributed by atoms with Gasteiger partial charge in [0.1, 0.15) is 10.5 Å². The molecule has 2 fully saturated rings. The minimum Gasteiger partial charge on any atom is -0.378 e. The first kappa shape index (κ1) is 21.6. The maximum atomic E-state index is 12.2. The Balaban J connectivity index is 1.27. The number of carbonyl (C=O) groups excluding carboxylic acids is 2. The summed E-state index contributed by atoms with van der Waals surface area (Å²) in [5.74, 6) is -0.276. The summed E-state index contributed by atoms with van der Waals surface area (Å²) in [6.45, 7) is 4.43. The first-order valence-corrected chi connectivity index (χ1v) is 11.6. The van der Waals surface area contributed by atoms with E-state index in [1.165, 1.54) is 23.5 Å². The van der Waals surface area contributed by atoms with E-state index in [2.05, 4.69) is 20.6 Å². The summed E-state index contributed by atoms with van der Waals surface area (Å²) >= 11 is 2.68. The highest BCUT2D eigenvalue weighted by molar-refractivity contribution is 8.16. The molecule has 0 aromatic heterocycles. The lowest BCUT2D eigenvalue weighted by Gasteiger charge is -2.09. The van der Waals surface area contributed by atoms with Gasteiger partial charge in [-0.3, -0.25) is 9.59 Å². The SMILES string of the molecule is Cc1ccc(N=C2NC(=O)C(COCC3SC(=Nc4ccc(C)cc4)NC3=O)S2)cc1. The van der Waals surface area contributed by atoms with Crippen LogP contribution in [0.4, 0.5) is 11.4 Å². The molecule has 2 aliphatic rings. The highest BCUT2D eigenvalue weighted by Crippen LogP contribution is 2.26. The van der Waals surface area contributed by atoms with Crippen molar-refractivity contribution >= 4 is 57.0 Å². The molecule has 2 aromatic carbocycles. The van der Waals surface area contributed by atoms with Crippen molar-refractivity contribution in [2.45, 2.75) is 24.3 Å². The Kier molecular flexibility index (Phi) is 6.74. The normalized spacial score (nSPS) is 23.4. The van der Waals surface area contributed by atoms with Crippen LogP contribution in [-0.4, -0.2) is 45.9 Å². The third kappa shape index (κ3) is 5.75. The number of hydrogen-bond acceptors (Lipinski definition) is 7. The smallest absolute Gasteiger partial charge is 0.241 e. The zero-order chi connectivity index (χ0) is 21.8. The molecule has 0 radical (unpaired) electrons. The fraction of sp³-hybridized carbons (Fsp3) is 0.273. The summed E-state index contributed by atoms with van der Waals surface area (Å²) in [6, 6.07) is 15.5. The number of benzene rings is 2. The minimum atomic E-state index is -0.389. The molecule has 2 heterocycles. The lowest BCUT2D eigenvalue weighted by atomic mass is 10.2. The molecule has 0 spiro atoms. The van der Waals surface area contributed by atoms with Crippen LogP contribution in [0.2, 0.25) is 0 Å². The molecule has 4 rings (SSSR count). The average molecular weight is 455 g/mol. The molecular weight excluding hydrogens is 432 g/mol. The molecule has 31 heavy (non-hydrogen) atoms. The Morgan fingerprint density at radius 2 is 1.13 bits per heavy atom. The second-order valence-corrected chi connectivity index (χ2v) is 9.62. The first-order valence-electron chi connectivity index (χ1n) is 9.80. The molecule has 0 aliphatic carbocycles. The van der Waals surface area contributed by atoms with Gasteiger partial charge in [-0.25, -0.2) is 9.98 Å². The Hall–Kier alpha value is -2.62. The van der Waals surface area contributed by atoms with Crippen LogP contribution in [0.25, 0.3) is 0 Å². The Labute approximate surface area is 189 Å². The van der Waals surface area contributed by atoms with Crippen molar-refractivity contribution in [1.29, 1.82) is 0 Å². The van der Waals surface area contributed by atoms with Gasteiger partial charge in [-0.15, -0.1) is 0 Å². The molecular formula is C22H22N4O3S2. The minimum absolute atomic E-state index is 0.138. The van der Waals surface area contributed by atoms with Gasteiger partial charge in [0.05, 0.1) is 24.6 Å². The maximum Gasteiger partial charge on any atom is 0.241 e. The van der Waals surface area contributed by atoms with E-state index in [9.17, 15) is 9.59 Å². The van der Waals surface area contributed by atoms with E-state index in [1.807, 2.05) is 62.4 Å². The van der Waals surface area contributed by atoms with E-state index in [0.29, 0.717) is 10.3 Å². The zero-order valence-corrected chi connectivity index (χ0v) is 18.8. The first-order chi connectivity index (χ1) is 15.0. The molecule has 2 aromatic rings. The van der Waals surface area contributed by atoms with Gasteiger partial charge in [0.2, 0.25) is 11.8 Å².